The van der Waals surface area contributed by atoms with Crippen molar-refractivity contribution in [3.8, 4) is 0 Å². The molecule has 4 unspecified atom stereocenters. The zero-order chi connectivity index (χ0) is 54.8. The molecule has 0 heterocycles. The van der Waals surface area contributed by atoms with Crippen molar-refractivity contribution >= 4 is 56.8 Å². The van der Waals surface area contributed by atoms with Crippen LogP contribution in [0, 0.1) is 62.3 Å². The lowest BCUT2D eigenvalue weighted by Crippen LogP contribution is -2.46. The summed E-state index contributed by atoms with van der Waals surface area (Å²) in [6, 6.07) is 45.1. The van der Waals surface area contributed by atoms with Crippen molar-refractivity contribution in [3.05, 3.63) is 212 Å². The van der Waals surface area contributed by atoms with Gasteiger partial charge in [0.25, 0.3) is 0 Å². The standard InChI is InChI=1S/C70H79N3O4/c1-42(2)69(74)76-63-24-18-16-22-61(63)72(67-49(10)38-45(6)39-50(67)11)55-30-26-53(27-31-55)65(59-34-35-60(58-21-15-14-20-57(58)59)71-66-47(8)36-44(5)37-48(66)9)54-28-32-56(33-29-54)73(68-51(12)40-46(7)41-52(68)13)62-23-17-19-25-64(62)77-70(75)43(3)4/h14-15,20-21,26-41,61-65,71H,1,3,16-19,22-25H2,2,4-13H3. The zero-order valence-corrected chi connectivity index (χ0v) is 47.5. The van der Waals surface area contributed by atoms with Gasteiger partial charge in [-0.1, -0.05) is 134 Å². The van der Waals surface area contributed by atoms with Crippen molar-refractivity contribution in [1.82, 2.24) is 0 Å². The molecule has 2 aliphatic carbocycles. The van der Waals surface area contributed by atoms with Gasteiger partial charge >= 0.3 is 11.9 Å². The van der Waals surface area contributed by atoms with E-state index in [0.29, 0.717) is 11.1 Å². The molecule has 1 N–H and O–H groups in total. The summed E-state index contributed by atoms with van der Waals surface area (Å²) in [6.07, 6.45) is 6.88. The predicted octanol–water partition coefficient (Wildman–Crippen LogP) is 17.7. The van der Waals surface area contributed by atoms with Crippen LogP contribution in [0.15, 0.2) is 146 Å². The summed E-state index contributed by atoms with van der Waals surface area (Å²) in [5.41, 5.74) is 21.8. The van der Waals surface area contributed by atoms with E-state index in [4.69, 9.17) is 9.47 Å². The molecule has 4 atom stereocenters. The smallest absolute Gasteiger partial charge is 0.333 e. The Morgan fingerprint density at radius 2 is 0.870 bits per heavy atom. The molecule has 0 amide bonds. The molecular weight excluding hydrogens is 947 g/mol. The van der Waals surface area contributed by atoms with Crippen molar-refractivity contribution in [2.75, 3.05) is 15.1 Å². The summed E-state index contributed by atoms with van der Waals surface area (Å²) in [7, 11) is 0. The van der Waals surface area contributed by atoms with Gasteiger partial charge in [0.2, 0.25) is 0 Å². The quantitative estimate of drug-likeness (QED) is 0.0623. The molecule has 77 heavy (non-hydrogen) atoms. The highest BCUT2D eigenvalue weighted by molar-refractivity contribution is 5.99. The van der Waals surface area contributed by atoms with Crippen LogP contribution in [-0.2, 0) is 19.1 Å². The summed E-state index contributed by atoms with van der Waals surface area (Å²) in [5.74, 6) is -0.832. The van der Waals surface area contributed by atoms with Crippen molar-refractivity contribution in [3.63, 3.8) is 0 Å². The van der Waals surface area contributed by atoms with Crippen LogP contribution in [0.4, 0.5) is 34.1 Å². The molecule has 2 aliphatic rings. The number of carbonyl (C=O) groups is 2. The largest absolute Gasteiger partial charge is 0.457 e. The maximum atomic E-state index is 13.2. The van der Waals surface area contributed by atoms with Crippen molar-refractivity contribution in [1.29, 1.82) is 0 Å². The van der Waals surface area contributed by atoms with Crippen molar-refractivity contribution < 1.29 is 19.1 Å². The number of aryl methyl sites for hydroxylation is 9. The molecule has 2 saturated carbocycles. The third-order valence-corrected chi connectivity index (χ3v) is 16.2. The molecule has 0 spiro atoms. The Kier molecular flexibility index (Phi) is 16.3. The Balaban J connectivity index is 1.20. The number of rotatable bonds is 15. The molecule has 7 aromatic rings. The minimum absolute atomic E-state index is 0.0667. The van der Waals surface area contributed by atoms with E-state index in [1.165, 1.54) is 61.0 Å². The highest BCUT2D eigenvalue weighted by Crippen LogP contribution is 2.45. The molecule has 7 heteroatoms. The molecule has 0 bridgehead atoms. The Morgan fingerprint density at radius 1 is 0.494 bits per heavy atom. The van der Waals surface area contributed by atoms with E-state index in [1.807, 2.05) is 0 Å². The van der Waals surface area contributed by atoms with Gasteiger partial charge in [-0.05, 0) is 200 Å². The summed E-state index contributed by atoms with van der Waals surface area (Å²) < 4.78 is 12.6. The second-order valence-electron chi connectivity index (χ2n) is 22.6. The summed E-state index contributed by atoms with van der Waals surface area (Å²) in [4.78, 5) is 31.4. The normalized spacial score (nSPS) is 17.8. The number of hydrogen-bond donors (Lipinski definition) is 1. The van der Waals surface area contributed by atoms with Gasteiger partial charge in [0, 0.05) is 56.6 Å². The number of fused-ring (bicyclic) bond motifs is 1. The van der Waals surface area contributed by atoms with Crippen molar-refractivity contribution in [2.24, 2.45) is 0 Å². The fraction of sp³-hybridized carbons (Fsp3) is 0.343. The third-order valence-electron chi connectivity index (χ3n) is 16.2. The monoisotopic (exact) mass is 1030 g/mol. The molecule has 0 saturated heterocycles. The minimum Gasteiger partial charge on any atom is -0.457 e. The first-order valence-electron chi connectivity index (χ1n) is 27.9. The van der Waals surface area contributed by atoms with E-state index in [2.05, 4.69) is 212 Å². The number of hydrogen-bond acceptors (Lipinski definition) is 7. The van der Waals surface area contributed by atoms with Crippen LogP contribution >= 0.6 is 0 Å². The molecule has 0 aromatic heterocycles. The molecule has 0 aliphatic heterocycles. The second kappa shape index (κ2) is 23.1. The van der Waals surface area contributed by atoms with Gasteiger partial charge in [-0.25, -0.2) is 9.59 Å². The van der Waals surface area contributed by atoms with Gasteiger partial charge in [0.1, 0.15) is 12.2 Å². The SMILES string of the molecule is C=C(C)C(=O)OC1CCCCC1N(c1ccc(C(c2ccc(N(c3c(C)cc(C)cc3C)C3CCCCC3OC(=O)C(=C)C)cc2)c2ccc(Nc3c(C)cc(C)cc3C)c3ccccc23)cc1)c1c(C)cc(C)cc1C. The van der Waals surface area contributed by atoms with Crippen LogP contribution in [0.5, 0.6) is 0 Å². The van der Waals surface area contributed by atoms with Gasteiger partial charge in [0.15, 0.2) is 0 Å². The molecule has 7 aromatic carbocycles. The fourth-order valence-corrected chi connectivity index (χ4v) is 13.0. The van der Waals surface area contributed by atoms with Gasteiger partial charge in [-0.15, -0.1) is 0 Å². The van der Waals surface area contributed by atoms with Crippen LogP contribution in [0.2, 0.25) is 0 Å². The molecular formula is C70H79N3O4. The number of anilines is 6. The van der Waals surface area contributed by atoms with E-state index in [1.54, 1.807) is 13.8 Å². The number of esters is 2. The Morgan fingerprint density at radius 3 is 1.27 bits per heavy atom. The van der Waals surface area contributed by atoms with Crippen LogP contribution in [0.3, 0.4) is 0 Å². The van der Waals surface area contributed by atoms with Gasteiger partial charge < -0.3 is 24.6 Å². The number of benzene rings is 7. The zero-order valence-electron chi connectivity index (χ0n) is 47.5. The van der Waals surface area contributed by atoms with Crippen LogP contribution in [-0.4, -0.2) is 36.2 Å². The van der Waals surface area contributed by atoms with Crippen molar-refractivity contribution in [2.45, 2.75) is 158 Å². The lowest BCUT2D eigenvalue weighted by Gasteiger charge is -2.42. The average Bonchev–Trinajstić information content (AvgIpc) is 3.41. The summed E-state index contributed by atoms with van der Waals surface area (Å²) in [6.45, 7) is 30.9. The topological polar surface area (TPSA) is 71.1 Å². The number of nitrogens with one attached hydrogen (secondary N) is 1. The van der Waals surface area contributed by atoms with E-state index in [9.17, 15) is 9.59 Å². The predicted molar refractivity (Wildman–Crippen MR) is 321 cm³/mol. The molecule has 2 fully saturated rings. The Hall–Kier alpha value is -7.38. The fourth-order valence-electron chi connectivity index (χ4n) is 13.0. The molecule has 9 rings (SSSR count). The maximum Gasteiger partial charge on any atom is 0.333 e. The highest BCUT2D eigenvalue weighted by atomic mass is 16.5. The lowest BCUT2D eigenvalue weighted by atomic mass is 9.82. The molecule has 0 radical (unpaired) electrons. The van der Waals surface area contributed by atoms with E-state index >= 15 is 0 Å². The van der Waals surface area contributed by atoms with Gasteiger partial charge in [0.05, 0.1) is 12.1 Å². The van der Waals surface area contributed by atoms with E-state index in [0.717, 1.165) is 102 Å². The second-order valence-corrected chi connectivity index (χ2v) is 22.6. The summed E-state index contributed by atoms with van der Waals surface area (Å²) >= 11 is 0. The first-order chi connectivity index (χ1) is 36.9. The number of nitrogens with zero attached hydrogens (tertiary/aromatic N) is 2. The van der Waals surface area contributed by atoms with E-state index < -0.39 is 0 Å². The third kappa shape index (κ3) is 11.5. The average molecular weight is 1030 g/mol. The maximum absolute atomic E-state index is 13.2. The molecule has 398 valence electrons. The lowest BCUT2D eigenvalue weighted by molar-refractivity contribution is -0.147. The Bertz CT molecular complexity index is 3150. The minimum atomic E-state index is -0.335. The molecule has 7 nitrogen and oxygen atoms in total. The summed E-state index contributed by atoms with van der Waals surface area (Å²) in [5, 5.41) is 6.20. The number of ether oxygens (including phenoxy) is 2. The first kappa shape index (κ1) is 54.4. The van der Waals surface area contributed by atoms with Crippen LogP contribution < -0.4 is 15.1 Å². The van der Waals surface area contributed by atoms with Crippen LogP contribution in [0.1, 0.15) is 138 Å². The highest BCUT2D eigenvalue weighted by Gasteiger charge is 2.38. The number of carbonyl (C=O) groups excluding carboxylic acids is 2. The van der Waals surface area contributed by atoms with Crippen LogP contribution in [0.25, 0.3) is 10.8 Å². The Labute approximate surface area is 459 Å². The van der Waals surface area contributed by atoms with Gasteiger partial charge in [-0.2, -0.15) is 0 Å². The first-order valence-corrected chi connectivity index (χ1v) is 27.9. The van der Waals surface area contributed by atoms with Gasteiger partial charge in [-0.3, -0.25) is 0 Å². The van der Waals surface area contributed by atoms with E-state index in [-0.39, 0.29) is 42.1 Å².